The number of nitro groups is 1. The average Bonchev–Trinajstić information content (AvgIpc) is 2.27. The van der Waals surface area contributed by atoms with Crippen molar-refractivity contribution in [2.75, 3.05) is 7.11 Å². The standard InChI is InChI=1S/C9H10N2O4.ClH/c1-15-9(12)8(10)6-3-2-4-7(5-6)11(13)14;/h2-5,8H,10H2,1H3;1H/t8-;/m0./s1. The molecule has 2 N–H and O–H groups in total. The second-order valence-electron chi connectivity index (χ2n) is 2.85. The molecule has 0 bridgehead atoms. The van der Waals surface area contributed by atoms with Crippen LogP contribution in [-0.4, -0.2) is 18.0 Å². The Hall–Kier alpha value is -1.66. The van der Waals surface area contributed by atoms with Gasteiger partial charge in [-0.3, -0.25) is 14.9 Å². The zero-order valence-electron chi connectivity index (χ0n) is 8.45. The summed E-state index contributed by atoms with van der Waals surface area (Å²) in [5.74, 6) is -0.629. The van der Waals surface area contributed by atoms with E-state index in [9.17, 15) is 14.9 Å². The molecule has 0 heterocycles. The minimum absolute atomic E-state index is 0. The molecule has 1 rings (SSSR count). The van der Waals surface area contributed by atoms with E-state index in [1.54, 1.807) is 0 Å². The fourth-order valence-electron chi connectivity index (χ4n) is 1.09. The maximum absolute atomic E-state index is 11.1. The van der Waals surface area contributed by atoms with Gasteiger partial charge in [-0.1, -0.05) is 12.1 Å². The molecule has 0 aliphatic carbocycles. The van der Waals surface area contributed by atoms with Gasteiger partial charge in [0.15, 0.2) is 0 Å². The number of ether oxygens (including phenoxy) is 1. The first-order valence-corrected chi connectivity index (χ1v) is 4.14. The van der Waals surface area contributed by atoms with Crippen LogP contribution in [0.4, 0.5) is 5.69 Å². The minimum atomic E-state index is -0.991. The first-order chi connectivity index (χ1) is 7.06. The number of hydrogen-bond acceptors (Lipinski definition) is 5. The first kappa shape index (κ1) is 14.3. The van der Waals surface area contributed by atoms with E-state index in [0.29, 0.717) is 5.56 Å². The van der Waals surface area contributed by atoms with Gasteiger partial charge < -0.3 is 10.5 Å². The third-order valence-electron chi connectivity index (χ3n) is 1.90. The second kappa shape index (κ2) is 6.04. The van der Waals surface area contributed by atoms with Crippen LogP contribution in [0.2, 0.25) is 0 Å². The second-order valence-corrected chi connectivity index (χ2v) is 2.85. The number of halogens is 1. The Bertz CT molecular complexity index is 397. The Kier molecular flexibility index (Phi) is 5.41. The fraction of sp³-hybridized carbons (Fsp3) is 0.222. The van der Waals surface area contributed by atoms with Crippen molar-refractivity contribution in [1.29, 1.82) is 0 Å². The zero-order chi connectivity index (χ0) is 11.4. The lowest BCUT2D eigenvalue weighted by Gasteiger charge is -2.08. The maximum Gasteiger partial charge on any atom is 0.327 e. The number of benzene rings is 1. The van der Waals surface area contributed by atoms with Crippen molar-refractivity contribution in [2.24, 2.45) is 5.73 Å². The van der Waals surface area contributed by atoms with Crippen LogP contribution in [-0.2, 0) is 9.53 Å². The van der Waals surface area contributed by atoms with Crippen LogP contribution in [0.1, 0.15) is 11.6 Å². The number of rotatable bonds is 3. The number of esters is 1. The van der Waals surface area contributed by atoms with Crippen molar-refractivity contribution in [3.63, 3.8) is 0 Å². The minimum Gasteiger partial charge on any atom is -0.468 e. The molecule has 0 fully saturated rings. The highest BCUT2D eigenvalue weighted by Gasteiger charge is 2.18. The van der Waals surface area contributed by atoms with E-state index in [1.165, 1.54) is 31.4 Å². The molecule has 0 amide bonds. The van der Waals surface area contributed by atoms with Gasteiger partial charge in [-0.05, 0) is 5.56 Å². The lowest BCUT2D eigenvalue weighted by atomic mass is 10.1. The third-order valence-corrected chi connectivity index (χ3v) is 1.90. The molecular weight excluding hydrogens is 236 g/mol. The van der Waals surface area contributed by atoms with Gasteiger partial charge in [-0.25, -0.2) is 0 Å². The van der Waals surface area contributed by atoms with Gasteiger partial charge in [-0.2, -0.15) is 0 Å². The first-order valence-electron chi connectivity index (χ1n) is 4.14. The van der Waals surface area contributed by atoms with Crippen molar-refractivity contribution in [3.8, 4) is 0 Å². The summed E-state index contributed by atoms with van der Waals surface area (Å²) < 4.78 is 4.43. The van der Waals surface area contributed by atoms with Crippen molar-refractivity contribution < 1.29 is 14.5 Å². The monoisotopic (exact) mass is 246 g/mol. The summed E-state index contributed by atoms with van der Waals surface area (Å²) in [6.07, 6.45) is 0. The van der Waals surface area contributed by atoms with Gasteiger partial charge in [0.05, 0.1) is 12.0 Å². The molecule has 1 atom stereocenters. The lowest BCUT2D eigenvalue weighted by molar-refractivity contribution is -0.384. The van der Waals surface area contributed by atoms with E-state index in [1.807, 2.05) is 0 Å². The molecule has 1 aromatic rings. The number of nitrogens with zero attached hydrogens (tertiary/aromatic N) is 1. The number of methoxy groups -OCH3 is 1. The van der Waals surface area contributed by atoms with Gasteiger partial charge in [0.1, 0.15) is 6.04 Å². The molecule has 0 unspecified atom stereocenters. The van der Waals surface area contributed by atoms with Gasteiger partial charge >= 0.3 is 5.97 Å². The number of nitrogens with two attached hydrogens (primary N) is 1. The predicted molar refractivity (Wildman–Crippen MR) is 59.3 cm³/mol. The smallest absolute Gasteiger partial charge is 0.327 e. The van der Waals surface area contributed by atoms with Crippen molar-refractivity contribution >= 4 is 24.1 Å². The van der Waals surface area contributed by atoms with E-state index >= 15 is 0 Å². The Labute approximate surface area is 97.9 Å². The van der Waals surface area contributed by atoms with Gasteiger partial charge in [0, 0.05) is 12.1 Å². The highest BCUT2D eigenvalue weighted by molar-refractivity contribution is 5.85. The van der Waals surface area contributed by atoms with Crippen LogP contribution in [0, 0.1) is 10.1 Å². The van der Waals surface area contributed by atoms with E-state index in [-0.39, 0.29) is 18.1 Å². The van der Waals surface area contributed by atoms with Crippen LogP contribution in [0.5, 0.6) is 0 Å². The average molecular weight is 247 g/mol. The van der Waals surface area contributed by atoms with Crippen molar-refractivity contribution in [2.45, 2.75) is 6.04 Å². The van der Waals surface area contributed by atoms with Gasteiger partial charge in [0.2, 0.25) is 0 Å². The molecule has 88 valence electrons. The van der Waals surface area contributed by atoms with Crippen molar-refractivity contribution in [3.05, 3.63) is 39.9 Å². The van der Waals surface area contributed by atoms with Crippen LogP contribution in [0.15, 0.2) is 24.3 Å². The Morgan fingerprint density at radius 2 is 2.19 bits per heavy atom. The normalized spacial score (nSPS) is 11.1. The Balaban J connectivity index is 0.00000225. The molecule has 6 nitrogen and oxygen atoms in total. The molecule has 0 aliphatic heterocycles. The van der Waals surface area contributed by atoms with Gasteiger partial charge in [-0.15, -0.1) is 12.4 Å². The molecular formula is C9H11ClN2O4. The summed E-state index contributed by atoms with van der Waals surface area (Å²) in [5.41, 5.74) is 5.77. The van der Waals surface area contributed by atoms with E-state index in [4.69, 9.17) is 5.73 Å². The summed E-state index contributed by atoms with van der Waals surface area (Å²) in [4.78, 5) is 21.0. The molecule has 0 aliphatic rings. The summed E-state index contributed by atoms with van der Waals surface area (Å²) in [7, 11) is 1.21. The summed E-state index contributed by atoms with van der Waals surface area (Å²) in [5, 5.41) is 10.5. The van der Waals surface area contributed by atoms with Crippen LogP contribution in [0.25, 0.3) is 0 Å². The largest absolute Gasteiger partial charge is 0.468 e. The third kappa shape index (κ3) is 3.18. The number of carbonyl (C=O) groups is 1. The van der Waals surface area contributed by atoms with E-state index in [0.717, 1.165) is 0 Å². The highest BCUT2D eigenvalue weighted by Crippen LogP contribution is 2.18. The number of nitro benzene ring substituents is 1. The molecule has 0 spiro atoms. The molecule has 7 heteroatoms. The Morgan fingerprint density at radius 3 is 2.69 bits per heavy atom. The number of hydrogen-bond donors (Lipinski definition) is 1. The molecule has 0 saturated heterocycles. The fourth-order valence-corrected chi connectivity index (χ4v) is 1.09. The van der Waals surface area contributed by atoms with Gasteiger partial charge in [0.25, 0.3) is 5.69 Å². The van der Waals surface area contributed by atoms with E-state index < -0.39 is 16.9 Å². The SMILES string of the molecule is COC(=O)[C@@H](N)c1cccc([N+](=O)[O-])c1.Cl. The summed E-state index contributed by atoms with van der Waals surface area (Å²) in [6.45, 7) is 0. The molecule has 16 heavy (non-hydrogen) atoms. The topological polar surface area (TPSA) is 95.5 Å². The van der Waals surface area contributed by atoms with Crippen LogP contribution >= 0.6 is 12.4 Å². The molecule has 0 saturated carbocycles. The zero-order valence-corrected chi connectivity index (χ0v) is 9.27. The molecule has 1 aromatic carbocycles. The number of non-ortho nitro benzene ring substituents is 1. The van der Waals surface area contributed by atoms with Crippen molar-refractivity contribution in [1.82, 2.24) is 0 Å². The number of carbonyl (C=O) groups excluding carboxylic acids is 1. The quantitative estimate of drug-likeness (QED) is 0.491. The highest BCUT2D eigenvalue weighted by atomic mass is 35.5. The van der Waals surface area contributed by atoms with Crippen LogP contribution < -0.4 is 5.73 Å². The lowest BCUT2D eigenvalue weighted by Crippen LogP contribution is -2.22. The Morgan fingerprint density at radius 1 is 1.56 bits per heavy atom. The van der Waals surface area contributed by atoms with Crippen LogP contribution in [0.3, 0.4) is 0 Å². The maximum atomic E-state index is 11.1. The summed E-state index contributed by atoms with van der Waals surface area (Å²) in [6, 6.07) is 4.59. The van der Waals surface area contributed by atoms with E-state index in [2.05, 4.69) is 4.74 Å². The molecule has 0 aromatic heterocycles. The predicted octanol–water partition coefficient (Wildman–Crippen LogP) is 1.19. The summed E-state index contributed by atoms with van der Waals surface area (Å²) >= 11 is 0. The molecule has 0 radical (unpaired) electrons.